The van der Waals surface area contributed by atoms with Crippen LogP contribution < -0.4 is 0 Å². The molecule has 0 saturated heterocycles. The Morgan fingerprint density at radius 3 is 2.96 bits per heavy atom. The monoisotopic (exact) mass is 455 g/mol. The van der Waals surface area contributed by atoms with Crippen molar-refractivity contribution in [1.29, 1.82) is 0 Å². The predicted octanol–water partition coefficient (Wildman–Crippen LogP) is 2.26. The summed E-state index contributed by atoms with van der Waals surface area (Å²) in [6.07, 6.45) is 4.93. The van der Waals surface area contributed by atoms with Gasteiger partial charge in [-0.05, 0) is 40.3 Å². The van der Waals surface area contributed by atoms with Crippen LogP contribution >= 0.6 is 22.6 Å². The topological polar surface area (TPSA) is 76.7 Å². The van der Waals surface area contributed by atoms with E-state index in [1.54, 1.807) is 29.2 Å². The third kappa shape index (κ3) is 4.02. The van der Waals surface area contributed by atoms with E-state index in [1.165, 1.54) is 6.07 Å². The second-order valence-electron chi connectivity index (χ2n) is 5.35. The van der Waals surface area contributed by atoms with Crippen LogP contribution in [0.2, 0.25) is 0 Å². The number of aliphatic hydroxyl groups is 1. The Labute approximate surface area is 156 Å². The van der Waals surface area contributed by atoms with Gasteiger partial charge >= 0.3 is 0 Å². The summed E-state index contributed by atoms with van der Waals surface area (Å²) in [5.41, 5.74) is 1.94. The van der Waals surface area contributed by atoms with Crippen molar-refractivity contribution in [3.05, 3.63) is 63.3 Å². The summed E-state index contributed by atoms with van der Waals surface area (Å²) < 4.78 is 21.9. The molecule has 8 heteroatoms. The molecule has 0 saturated carbocycles. The molecule has 0 aliphatic heterocycles. The van der Waals surface area contributed by atoms with Gasteiger partial charge in [0.1, 0.15) is 18.1 Å². The molecule has 0 atom stereocenters. The first-order valence-electron chi connectivity index (χ1n) is 7.56. The van der Waals surface area contributed by atoms with Crippen molar-refractivity contribution in [1.82, 2.24) is 14.4 Å². The average Bonchev–Trinajstić information content (AvgIpc) is 3.06. The number of halogens is 2. The normalized spacial score (nSPS) is 11.2. The van der Waals surface area contributed by atoms with E-state index in [4.69, 9.17) is 9.84 Å². The molecule has 25 heavy (non-hydrogen) atoms. The number of aliphatic hydroxyl groups excluding tert-OH is 1. The fourth-order valence-corrected chi connectivity index (χ4v) is 2.94. The van der Waals surface area contributed by atoms with Gasteiger partial charge in [0.05, 0.1) is 43.1 Å². The zero-order valence-corrected chi connectivity index (χ0v) is 15.3. The number of carbonyl (C=O) groups excluding carboxylic acids is 1. The van der Waals surface area contributed by atoms with Crippen LogP contribution in [-0.2, 0) is 11.2 Å². The zero-order valence-electron chi connectivity index (χ0n) is 13.2. The van der Waals surface area contributed by atoms with Crippen LogP contribution in [0.1, 0.15) is 21.7 Å². The third-order valence-electron chi connectivity index (χ3n) is 3.66. The highest BCUT2D eigenvalue weighted by Gasteiger charge is 2.18. The number of Topliss-reactive ketones (excluding diaryl/α,β-unsaturated/α-hetero) is 1. The number of nitrogens with zero attached hydrogens (tertiary/aromatic N) is 3. The molecule has 0 aliphatic rings. The zero-order chi connectivity index (χ0) is 17.8. The van der Waals surface area contributed by atoms with Gasteiger partial charge in [0.15, 0.2) is 0 Å². The summed E-state index contributed by atoms with van der Waals surface area (Å²) in [7, 11) is 0. The molecule has 6 nitrogen and oxygen atoms in total. The molecular weight excluding hydrogens is 440 g/mol. The molecule has 0 spiro atoms. The second kappa shape index (κ2) is 7.98. The molecule has 0 fully saturated rings. The average molecular weight is 455 g/mol. The molecule has 2 aromatic heterocycles. The van der Waals surface area contributed by atoms with E-state index >= 15 is 0 Å². The summed E-state index contributed by atoms with van der Waals surface area (Å²) in [6, 6.07) is 4.96. The molecule has 0 bridgehead atoms. The van der Waals surface area contributed by atoms with Crippen LogP contribution in [-0.4, -0.2) is 45.1 Å². The van der Waals surface area contributed by atoms with Crippen LogP contribution in [0, 0.1) is 9.39 Å². The molecule has 0 unspecified atom stereocenters. The van der Waals surface area contributed by atoms with E-state index in [1.807, 2.05) is 28.7 Å². The number of carbonyl (C=O) groups is 1. The quantitative estimate of drug-likeness (QED) is 0.336. The van der Waals surface area contributed by atoms with Crippen LogP contribution in [0.4, 0.5) is 4.39 Å². The van der Waals surface area contributed by atoms with E-state index in [0.717, 1.165) is 3.57 Å². The number of hydrogen-bond donors (Lipinski definition) is 1. The Morgan fingerprint density at radius 1 is 1.36 bits per heavy atom. The van der Waals surface area contributed by atoms with Gasteiger partial charge in [-0.25, -0.2) is 14.4 Å². The number of ketones is 1. The largest absolute Gasteiger partial charge is 0.394 e. The van der Waals surface area contributed by atoms with Crippen LogP contribution in [0.25, 0.3) is 5.52 Å². The lowest BCUT2D eigenvalue weighted by Crippen LogP contribution is -2.17. The molecule has 2 heterocycles. The molecule has 0 amide bonds. The van der Waals surface area contributed by atoms with Crippen LogP contribution in [0.15, 0.2) is 36.9 Å². The summed E-state index contributed by atoms with van der Waals surface area (Å²) in [5.74, 6) is -0.663. The summed E-state index contributed by atoms with van der Waals surface area (Å²) in [4.78, 5) is 20.7. The molecule has 3 aromatic rings. The minimum atomic E-state index is -0.334. The molecular formula is C17H15FIN3O3. The van der Waals surface area contributed by atoms with Gasteiger partial charge in [-0.3, -0.25) is 9.20 Å². The minimum absolute atomic E-state index is 0.0696. The van der Waals surface area contributed by atoms with E-state index in [0.29, 0.717) is 16.8 Å². The van der Waals surface area contributed by atoms with Gasteiger partial charge in [-0.2, -0.15) is 0 Å². The highest BCUT2D eigenvalue weighted by Crippen LogP contribution is 2.19. The summed E-state index contributed by atoms with van der Waals surface area (Å²) >= 11 is 2.04. The van der Waals surface area contributed by atoms with Crippen LogP contribution in [0.5, 0.6) is 0 Å². The minimum Gasteiger partial charge on any atom is -0.394 e. The number of aromatic nitrogens is 3. The Morgan fingerprint density at radius 2 is 2.20 bits per heavy atom. The second-order valence-corrected chi connectivity index (χ2v) is 6.60. The van der Waals surface area contributed by atoms with E-state index in [9.17, 15) is 9.18 Å². The SMILES string of the molecule is O=C(COCCO)c1ncc2cncn2c1Cc1ccc(I)cc1F. The maximum atomic E-state index is 14.3. The first kappa shape index (κ1) is 17.9. The standard InChI is InChI=1S/C17H15FIN3O3/c18-14-6-12(19)2-1-11(14)5-15-17(16(24)9-25-4-3-23)21-8-13-7-20-10-22(13)15/h1-2,6-8,10,23H,3-5,9H2. The van der Waals surface area contributed by atoms with E-state index in [-0.39, 0.29) is 43.5 Å². The molecule has 130 valence electrons. The number of imidazole rings is 1. The van der Waals surface area contributed by atoms with Crippen molar-refractivity contribution in [2.24, 2.45) is 0 Å². The summed E-state index contributed by atoms with van der Waals surface area (Å²) in [5, 5.41) is 8.76. The van der Waals surface area contributed by atoms with Gasteiger partial charge in [-0.1, -0.05) is 6.07 Å². The first-order chi connectivity index (χ1) is 12.1. The molecule has 1 N–H and O–H groups in total. The maximum absolute atomic E-state index is 14.3. The van der Waals surface area contributed by atoms with Crippen molar-refractivity contribution in [2.45, 2.75) is 6.42 Å². The van der Waals surface area contributed by atoms with Crippen molar-refractivity contribution in [2.75, 3.05) is 19.8 Å². The van der Waals surface area contributed by atoms with E-state index < -0.39 is 0 Å². The van der Waals surface area contributed by atoms with Gasteiger partial charge in [0, 0.05) is 9.99 Å². The predicted molar refractivity (Wildman–Crippen MR) is 97.1 cm³/mol. The number of ether oxygens (including phenoxy) is 1. The number of benzene rings is 1. The first-order valence-corrected chi connectivity index (χ1v) is 8.63. The van der Waals surface area contributed by atoms with Crippen molar-refractivity contribution in [3.8, 4) is 0 Å². The molecule has 3 rings (SSSR count). The maximum Gasteiger partial charge on any atom is 0.208 e. The van der Waals surface area contributed by atoms with Crippen LogP contribution in [0.3, 0.4) is 0 Å². The Kier molecular flexibility index (Phi) is 5.71. The Bertz CT molecular complexity index is 913. The number of rotatable bonds is 7. The highest BCUT2D eigenvalue weighted by molar-refractivity contribution is 14.1. The Hall–Kier alpha value is -1.91. The smallest absolute Gasteiger partial charge is 0.208 e. The van der Waals surface area contributed by atoms with Crippen molar-refractivity contribution in [3.63, 3.8) is 0 Å². The van der Waals surface area contributed by atoms with Crippen molar-refractivity contribution >= 4 is 33.9 Å². The number of hydrogen-bond acceptors (Lipinski definition) is 5. The van der Waals surface area contributed by atoms with E-state index in [2.05, 4.69) is 9.97 Å². The van der Waals surface area contributed by atoms with Gasteiger partial charge in [0.2, 0.25) is 5.78 Å². The van der Waals surface area contributed by atoms with Gasteiger partial charge < -0.3 is 9.84 Å². The fraction of sp³-hybridized carbons (Fsp3) is 0.235. The lowest BCUT2D eigenvalue weighted by molar-refractivity contribution is 0.0658. The lowest BCUT2D eigenvalue weighted by Gasteiger charge is -2.12. The Balaban J connectivity index is 2.00. The molecule has 0 radical (unpaired) electrons. The molecule has 0 aliphatic carbocycles. The molecule has 1 aromatic carbocycles. The van der Waals surface area contributed by atoms with Gasteiger partial charge in [-0.15, -0.1) is 0 Å². The fourth-order valence-electron chi connectivity index (χ4n) is 2.49. The van der Waals surface area contributed by atoms with Crippen molar-refractivity contribution < 1.29 is 19.0 Å². The summed E-state index contributed by atoms with van der Waals surface area (Å²) in [6.45, 7) is -0.294. The highest BCUT2D eigenvalue weighted by atomic mass is 127. The lowest BCUT2D eigenvalue weighted by atomic mass is 10.1. The number of fused-ring (bicyclic) bond motifs is 1. The third-order valence-corrected chi connectivity index (χ3v) is 4.33. The van der Waals surface area contributed by atoms with Gasteiger partial charge in [0.25, 0.3) is 0 Å².